The highest BCUT2D eigenvalue weighted by molar-refractivity contribution is 5.32. The normalized spacial score (nSPS) is 49.3. The van der Waals surface area contributed by atoms with E-state index in [1.54, 1.807) is 0 Å². The molecule has 13 heavy (non-hydrogen) atoms. The highest BCUT2D eigenvalue weighted by Gasteiger charge is 2.62. The maximum absolute atomic E-state index is 9.94. The minimum Gasteiger partial charge on any atom is -0.386 e. The molecule has 2 nitrogen and oxygen atoms in total. The van der Waals surface area contributed by atoms with Crippen LogP contribution in [-0.2, 0) is 4.74 Å². The van der Waals surface area contributed by atoms with Crippen molar-refractivity contribution in [3.63, 3.8) is 0 Å². The molecule has 0 radical (unpaired) electrons. The van der Waals surface area contributed by atoms with Gasteiger partial charge >= 0.3 is 0 Å². The summed E-state index contributed by atoms with van der Waals surface area (Å²) in [7, 11) is 0. The van der Waals surface area contributed by atoms with Crippen LogP contribution in [0.5, 0.6) is 0 Å². The van der Waals surface area contributed by atoms with Crippen molar-refractivity contribution in [3.8, 4) is 0 Å². The number of ether oxygens (including phenoxy) is 1. The first-order valence-electron chi connectivity index (χ1n) is 5.00. The number of hydrogen-bond donors (Lipinski definition) is 1. The van der Waals surface area contributed by atoms with E-state index in [0.717, 1.165) is 18.4 Å². The molecule has 0 aromatic rings. The fourth-order valence-corrected chi connectivity index (χ4v) is 2.75. The lowest BCUT2D eigenvalue weighted by atomic mass is 9.73. The second kappa shape index (κ2) is 2.37. The molecule has 2 bridgehead atoms. The van der Waals surface area contributed by atoms with Gasteiger partial charge in [0.1, 0.15) is 6.10 Å². The van der Waals surface area contributed by atoms with E-state index in [4.69, 9.17) is 4.74 Å². The third-order valence-electron chi connectivity index (χ3n) is 3.79. The third-order valence-corrected chi connectivity index (χ3v) is 3.79. The van der Waals surface area contributed by atoms with Gasteiger partial charge in [0, 0.05) is 0 Å². The molecule has 0 spiro atoms. The largest absolute Gasteiger partial charge is 0.386 e. The first-order valence-corrected chi connectivity index (χ1v) is 5.00. The third kappa shape index (κ3) is 0.906. The first kappa shape index (κ1) is 9.22. The molecule has 2 heterocycles. The summed E-state index contributed by atoms with van der Waals surface area (Å²) in [4.78, 5) is 0. The predicted molar refractivity (Wildman–Crippen MR) is 51.4 cm³/mol. The summed E-state index contributed by atoms with van der Waals surface area (Å²) < 4.78 is 5.98. The van der Waals surface area contributed by atoms with E-state index in [-0.39, 0.29) is 11.2 Å². The molecule has 2 saturated heterocycles. The molecular weight excluding hydrogens is 164 g/mol. The minimum absolute atomic E-state index is 0.242. The summed E-state index contributed by atoms with van der Waals surface area (Å²) in [6.45, 7) is 10.2. The molecule has 3 atom stereocenters. The summed E-state index contributed by atoms with van der Waals surface area (Å²) in [5, 5.41) is 9.94. The molecule has 2 rings (SSSR count). The predicted octanol–water partition coefficient (Wildman–Crippen LogP) is 1.88. The Hall–Kier alpha value is -0.340. The van der Waals surface area contributed by atoms with Crippen LogP contribution in [0.15, 0.2) is 12.2 Å². The van der Waals surface area contributed by atoms with E-state index in [2.05, 4.69) is 20.4 Å². The zero-order valence-electron chi connectivity index (χ0n) is 8.63. The molecule has 0 aromatic carbocycles. The molecule has 0 saturated carbocycles. The van der Waals surface area contributed by atoms with Crippen LogP contribution in [0, 0.1) is 5.92 Å². The summed E-state index contributed by atoms with van der Waals surface area (Å²) >= 11 is 0. The van der Waals surface area contributed by atoms with E-state index in [1.165, 1.54) is 0 Å². The lowest BCUT2D eigenvalue weighted by molar-refractivity contribution is -0.0779. The molecule has 0 aromatic heterocycles. The Morgan fingerprint density at radius 1 is 1.54 bits per heavy atom. The highest BCUT2D eigenvalue weighted by atomic mass is 16.6. The number of aliphatic hydroxyl groups excluding tert-OH is 1. The Labute approximate surface area is 79.6 Å². The summed E-state index contributed by atoms with van der Waals surface area (Å²) in [6.07, 6.45) is 1.49. The van der Waals surface area contributed by atoms with Gasteiger partial charge in [-0.25, -0.2) is 0 Å². The monoisotopic (exact) mass is 182 g/mol. The molecule has 0 aliphatic carbocycles. The van der Waals surface area contributed by atoms with Crippen LogP contribution in [0.25, 0.3) is 0 Å². The van der Waals surface area contributed by atoms with Crippen LogP contribution < -0.4 is 0 Å². The summed E-state index contributed by atoms with van der Waals surface area (Å²) in [6, 6.07) is 0. The Kier molecular flexibility index (Phi) is 1.68. The number of rotatable bonds is 1. The van der Waals surface area contributed by atoms with Crippen molar-refractivity contribution in [1.29, 1.82) is 0 Å². The zero-order valence-corrected chi connectivity index (χ0v) is 8.63. The number of hydrogen-bond acceptors (Lipinski definition) is 2. The zero-order chi connectivity index (χ0) is 9.85. The second-order valence-corrected chi connectivity index (χ2v) is 4.89. The molecule has 1 N–H and O–H groups in total. The van der Waals surface area contributed by atoms with Crippen molar-refractivity contribution in [2.75, 3.05) is 0 Å². The average molecular weight is 182 g/mol. The smallest absolute Gasteiger partial charge is 0.106 e. The van der Waals surface area contributed by atoms with E-state index in [1.807, 2.05) is 6.92 Å². The van der Waals surface area contributed by atoms with Crippen LogP contribution in [0.1, 0.15) is 33.6 Å². The maximum atomic E-state index is 9.94. The second-order valence-electron chi connectivity index (χ2n) is 4.89. The van der Waals surface area contributed by atoms with Crippen LogP contribution in [0.4, 0.5) is 0 Å². The molecule has 2 heteroatoms. The average Bonchev–Trinajstić information content (AvgIpc) is 2.50. The van der Waals surface area contributed by atoms with Gasteiger partial charge in [-0.15, -0.1) is 0 Å². The van der Waals surface area contributed by atoms with Gasteiger partial charge in [0.05, 0.1) is 11.2 Å². The van der Waals surface area contributed by atoms with E-state index < -0.39 is 6.10 Å². The molecule has 2 fully saturated rings. The Balaban J connectivity index is 2.40. The summed E-state index contributed by atoms with van der Waals surface area (Å²) in [5.41, 5.74) is 0.284. The molecular formula is C11H18O2. The quantitative estimate of drug-likeness (QED) is 0.627. The first-order chi connectivity index (χ1) is 5.92. The minimum atomic E-state index is -0.469. The molecule has 2 aliphatic heterocycles. The molecule has 74 valence electrons. The lowest BCUT2D eigenvalue weighted by Gasteiger charge is -2.32. The summed E-state index contributed by atoms with van der Waals surface area (Å²) in [5.74, 6) is 0.402. The topological polar surface area (TPSA) is 29.5 Å². The Morgan fingerprint density at radius 3 is 2.46 bits per heavy atom. The molecule has 0 amide bonds. The van der Waals surface area contributed by atoms with Crippen LogP contribution in [0.3, 0.4) is 0 Å². The fraction of sp³-hybridized carbons (Fsp3) is 0.818. The Morgan fingerprint density at radius 2 is 2.15 bits per heavy atom. The van der Waals surface area contributed by atoms with Crippen molar-refractivity contribution in [1.82, 2.24) is 0 Å². The number of aliphatic hydroxyl groups is 1. The van der Waals surface area contributed by atoms with Crippen molar-refractivity contribution in [3.05, 3.63) is 12.2 Å². The lowest BCUT2D eigenvalue weighted by Crippen LogP contribution is -2.38. The van der Waals surface area contributed by atoms with Crippen molar-refractivity contribution in [2.24, 2.45) is 5.92 Å². The van der Waals surface area contributed by atoms with Crippen LogP contribution in [-0.4, -0.2) is 22.4 Å². The van der Waals surface area contributed by atoms with Gasteiger partial charge < -0.3 is 9.84 Å². The van der Waals surface area contributed by atoms with Crippen LogP contribution in [0.2, 0.25) is 0 Å². The molecule has 2 aliphatic rings. The SMILES string of the molecule is C=C1[C@@H](O)[C@]2(C)CC[C@@]1(C(C)C)O2. The fourth-order valence-electron chi connectivity index (χ4n) is 2.75. The van der Waals surface area contributed by atoms with Gasteiger partial charge in [-0.1, -0.05) is 20.4 Å². The van der Waals surface area contributed by atoms with Gasteiger partial charge in [-0.2, -0.15) is 0 Å². The van der Waals surface area contributed by atoms with Crippen molar-refractivity contribution < 1.29 is 9.84 Å². The van der Waals surface area contributed by atoms with Crippen LogP contribution >= 0.6 is 0 Å². The van der Waals surface area contributed by atoms with Gasteiger partial charge in [-0.05, 0) is 31.3 Å². The van der Waals surface area contributed by atoms with E-state index in [9.17, 15) is 5.11 Å². The highest BCUT2D eigenvalue weighted by Crippen LogP contribution is 2.56. The van der Waals surface area contributed by atoms with E-state index >= 15 is 0 Å². The van der Waals surface area contributed by atoms with Gasteiger partial charge in [-0.3, -0.25) is 0 Å². The van der Waals surface area contributed by atoms with E-state index in [0.29, 0.717) is 5.92 Å². The number of fused-ring (bicyclic) bond motifs is 2. The van der Waals surface area contributed by atoms with Gasteiger partial charge in [0.15, 0.2) is 0 Å². The van der Waals surface area contributed by atoms with Crippen molar-refractivity contribution >= 4 is 0 Å². The molecule has 0 unspecified atom stereocenters. The standard InChI is InChI=1S/C11H18O2/c1-7(2)11-6-5-10(4,13-11)9(12)8(11)3/h7,9,12H,3,5-6H2,1-2,4H3/t9-,10+,11+/m1/s1. The Bertz CT molecular complexity index is 259. The van der Waals surface area contributed by atoms with Gasteiger partial charge in [0.25, 0.3) is 0 Å². The van der Waals surface area contributed by atoms with Gasteiger partial charge in [0.2, 0.25) is 0 Å². The van der Waals surface area contributed by atoms with Crippen molar-refractivity contribution in [2.45, 2.75) is 50.9 Å². The maximum Gasteiger partial charge on any atom is 0.106 e.